The number of quaternary nitrogens is 1. The Morgan fingerprint density at radius 1 is 1.31 bits per heavy atom. The van der Waals surface area contributed by atoms with Gasteiger partial charge in [-0.2, -0.15) is 12.3 Å². The molecule has 0 aliphatic carbocycles. The lowest BCUT2D eigenvalue weighted by Crippen LogP contribution is -3.05. The van der Waals surface area contributed by atoms with E-state index in [-0.39, 0.29) is 0 Å². The highest BCUT2D eigenvalue weighted by molar-refractivity contribution is 5.13. The van der Waals surface area contributed by atoms with Gasteiger partial charge in [0.25, 0.3) is 0 Å². The van der Waals surface area contributed by atoms with Gasteiger partial charge >= 0.3 is 0 Å². The van der Waals surface area contributed by atoms with Crippen molar-refractivity contribution in [1.82, 2.24) is 0 Å². The summed E-state index contributed by atoms with van der Waals surface area (Å²) in [5.74, 6) is 0. The highest BCUT2D eigenvalue weighted by atomic mass is 15.1. The Morgan fingerprint density at radius 2 is 2.00 bits per heavy atom. The summed E-state index contributed by atoms with van der Waals surface area (Å²) >= 11 is 0. The van der Waals surface area contributed by atoms with E-state index in [9.17, 15) is 0 Å². The minimum atomic E-state index is 0.575. The molecule has 13 heavy (non-hydrogen) atoms. The van der Waals surface area contributed by atoms with Crippen LogP contribution in [-0.4, -0.2) is 6.54 Å². The first-order chi connectivity index (χ1) is 6.33. The number of rotatable bonds is 4. The second kappa shape index (κ2) is 5.34. The van der Waals surface area contributed by atoms with Gasteiger partial charge in [-0.15, -0.1) is 0 Å². The lowest BCUT2D eigenvalue weighted by molar-refractivity contribution is -0.867. The standard InChI is InChI=1S/C11H14N2/c1-13(9-5-8-12)10-11-6-3-2-4-7-11/h2-4,6-7,13H,1,5,9-10H2. The van der Waals surface area contributed by atoms with E-state index in [2.05, 4.69) is 25.2 Å². The van der Waals surface area contributed by atoms with Gasteiger partial charge in [-0.25, -0.2) is 0 Å². The first-order valence-electron chi connectivity index (χ1n) is 4.40. The van der Waals surface area contributed by atoms with Crippen LogP contribution in [0, 0.1) is 18.4 Å². The predicted octanol–water partition coefficient (Wildman–Crippen LogP) is 0.777. The molecule has 0 heterocycles. The molecule has 1 aromatic rings. The molecule has 0 fully saturated rings. The Hall–Kier alpha value is -1.33. The molecule has 0 bridgehead atoms. The molecule has 0 radical (unpaired) electrons. The molecule has 0 amide bonds. The van der Waals surface area contributed by atoms with Crippen molar-refractivity contribution in [2.75, 3.05) is 6.54 Å². The predicted molar refractivity (Wildman–Crippen MR) is 51.6 cm³/mol. The van der Waals surface area contributed by atoms with Crippen molar-refractivity contribution in [3.63, 3.8) is 0 Å². The maximum absolute atomic E-state index is 8.39. The average molecular weight is 174 g/mol. The highest BCUT2D eigenvalue weighted by Crippen LogP contribution is 1.94. The molecule has 1 rings (SSSR count). The van der Waals surface area contributed by atoms with Gasteiger partial charge in [-0.05, 0) is 0 Å². The number of nitrogens with one attached hydrogen (secondary N) is 1. The summed E-state index contributed by atoms with van der Waals surface area (Å²) in [5, 5.41) is 8.39. The maximum Gasteiger partial charge on any atom is 0.0821 e. The minimum Gasteiger partial charge on any atom is -0.463 e. The highest BCUT2D eigenvalue weighted by Gasteiger charge is 1.96. The van der Waals surface area contributed by atoms with Gasteiger partial charge in [-0.1, -0.05) is 30.3 Å². The van der Waals surface area contributed by atoms with Gasteiger partial charge in [0.2, 0.25) is 0 Å². The molecule has 0 saturated carbocycles. The van der Waals surface area contributed by atoms with Crippen molar-refractivity contribution < 1.29 is 4.90 Å². The Balaban J connectivity index is 2.37. The SMILES string of the molecule is [CH2-][NH+](CCC#N)Cc1ccccc1. The van der Waals surface area contributed by atoms with E-state index in [1.54, 1.807) is 0 Å². The molecule has 0 aliphatic rings. The first-order valence-corrected chi connectivity index (χ1v) is 4.40. The van der Waals surface area contributed by atoms with Crippen molar-refractivity contribution in [3.8, 4) is 6.07 Å². The van der Waals surface area contributed by atoms with E-state index >= 15 is 0 Å². The Morgan fingerprint density at radius 3 is 2.62 bits per heavy atom. The topological polar surface area (TPSA) is 28.2 Å². The van der Waals surface area contributed by atoms with E-state index in [1.165, 1.54) is 5.56 Å². The van der Waals surface area contributed by atoms with Gasteiger partial charge in [0.1, 0.15) is 0 Å². The molecule has 0 spiro atoms. The zero-order valence-electron chi connectivity index (χ0n) is 7.66. The molecule has 1 aromatic carbocycles. The molecule has 0 saturated heterocycles. The zero-order valence-corrected chi connectivity index (χ0v) is 7.66. The van der Waals surface area contributed by atoms with Gasteiger partial charge in [0, 0.05) is 5.56 Å². The fraction of sp³-hybridized carbons (Fsp3) is 0.273. The smallest absolute Gasteiger partial charge is 0.0821 e. The van der Waals surface area contributed by atoms with Crippen LogP contribution in [0.1, 0.15) is 12.0 Å². The number of nitriles is 1. The van der Waals surface area contributed by atoms with E-state index in [4.69, 9.17) is 5.26 Å². The number of hydrogen-bond donors (Lipinski definition) is 1. The summed E-state index contributed by atoms with van der Waals surface area (Å²) < 4.78 is 0. The van der Waals surface area contributed by atoms with Crippen molar-refractivity contribution >= 4 is 0 Å². The summed E-state index contributed by atoms with van der Waals surface area (Å²) in [6.07, 6.45) is 0.575. The molecule has 2 nitrogen and oxygen atoms in total. The van der Waals surface area contributed by atoms with Crippen molar-refractivity contribution in [1.29, 1.82) is 5.26 Å². The van der Waals surface area contributed by atoms with Crippen LogP contribution in [0.2, 0.25) is 0 Å². The Labute approximate surface area is 79.4 Å². The van der Waals surface area contributed by atoms with E-state index < -0.39 is 0 Å². The third kappa shape index (κ3) is 3.73. The fourth-order valence-electron chi connectivity index (χ4n) is 1.21. The first kappa shape index (κ1) is 9.76. The van der Waals surface area contributed by atoms with Gasteiger partial charge in [0.15, 0.2) is 0 Å². The molecule has 0 aromatic heterocycles. The summed E-state index contributed by atoms with van der Waals surface area (Å²) in [6, 6.07) is 12.3. The van der Waals surface area contributed by atoms with Crippen LogP contribution >= 0.6 is 0 Å². The van der Waals surface area contributed by atoms with E-state index in [1.807, 2.05) is 18.2 Å². The quantitative estimate of drug-likeness (QED) is 0.671. The second-order valence-corrected chi connectivity index (χ2v) is 3.07. The van der Waals surface area contributed by atoms with Crippen LogP contribution in [0.15, 0.2) is 30.3 Å². The summed E-state index contributed by atoms with van der Waals surface area (Å²) in [6.45, 7) is 1.70. The van der Waals surface area contributed by atoms with E-state index in [0.717, 1.165) is 18.0 Å². The zero-order chi connectivity index (χ0) is 9.52. The summed E-state index contributed by atoms with van der Waals surface area (Å²) in [5.41, 5.74) is 1.27. The van der Waals surface area contributed by atoms with Crippen molar-refractivity contribution in [2.24, 2.45) is 0 Å². The molecule has 1 atom stereocenters. The minimum absolute atomic E-state index is 0.575. The van der Waals surface area contributed by atoms with Crippen LogP contribution in [0.4, 0.5) is 0 Å². The molecular formula is C11H14N2. The normalized spacial score (nSPS) is 12.0. The lowest BCUT2D eigenvalue weighted by atomic mass is 10.2. The summed E-state index contributed by atoms with van der Waals surface area (Å²) in [7, 11) is 3.94. The second-order valence-electron chi connectivity index (χ2n) is 3.07. The van der Waals surface area contributed by atoms with Crippen LogP contribution in [0.25, 0.3) is 0 Å². The average Bonchev–Trinajstić information content (AvgIpc) is 2.16. The van der Waals surface area contributed by atoms with Crippen LogP contribution in [-0.2, 0) is 6.54 Å². The molecular weight excluding hydrogens is 160 g/mol. The van der Waals surface area contributed by atoms with E-state index in [0.29, 0.717) is 6.42 Å². The third-order valence-electron chi connectivity index (χ3n) is 1.89. The number of hydrogen-bond acceptors (Lipinski definition) is 1. The lowest BCUT2D eigenvalue weighted by Gasteiger charge is -2.19. The van der Waals surface area contributed by atoms with Gasteiger partial charge in [-0.3, -0.25) is 0 Å². The Kier molecular flexibility index (Phi) is 4.01. The maximum atomic E-state index is 8.39. The third-order valence-corrected chi connectivity index (χ3v) is 1.89. The number of benzene rings is 1. The monoisotopic (exact) mass is 174 g/mol. The van der Waals surface area contributed by atoms with Gasteiger partial charge < -0.3 is 4.90 Å². The summed E-state index contributed by atoms with van der Waals surface area (Å²) in [4.78, 5) is 1.13. The molecule has 1 unspecified atom stereocenters. The van der Waals surface area contributed by atoms with Crippen molar-refractivity contribution in [2.45, 2.75) is 13.0 Å². The largest absolute Gasteiger partial charge is 0.463 e. The van der Waals surface area contributed by atoms with Crippen LogP contribution in [0.3, 0.4) is 0 Å². The molecule has 0 aliphatic heterocycles. The number of nitrogens with zero attached hydrogens (tertiary/aromatic N) is 1. The Bertz CT molecular complexity index is 274. The fourth-order valence-corrected chi connectivity index (χ4v) is 1.21. The molecule has 1 N–H and O–H groups in total. The van der Waals surface area contributed by atoms with Crippen LogP contribution < -0.4 is 4.90 Å². The van der Waals surface area contributed by atoms with Crippen LogP contribution in [0.5, 0.6) is 0 Å². The van der Waals surface area contributed by atoms with Crippen molar-refractivity contribution in [3.05, 3.63) is 42.9 Å². The van der Waals surface area contributed by atoms with Gasteiger partial charge in [0.05, 0.1) is 25.6 Å². The molecule has 2 heteroatoms. The molecule has 68 valence electrons.